The topological polar surface area (TPSA) is 102 Å². The fourth-order valence-electron chi connectivity index (χ4n) is 2.32. The summed E-state index contributed by atoms with van der Waals surface area (Å²) in [6, 6.07) is 6.40. The minimum absolute atomic E-state index is 0.112. The molecule has 0 aliphatic rings. The zero-order valence-electron chi connectivity index (χ0n) is 12.9. The first-order valence-corrected chi connectivity index (χ1v) is 6.83. The average molecular weight is 313 g/mol. The van der Waals surface area contributed by atoms with Gasteiger partial charge < -0.3 is 0 Å². The van der Waals surface area contributed by atoms with E-state index in [-0.39, 0.29) is 11.3 Å². The van der Waals surface area contributed by atoms with Crippen LogP contribution in [0.15, 0.2) is 30.5 Å². The SMILES string of the molecule is Cc1cc(C)cc(C(=O)NC(=O)c2ccnc(C)c2[N+](=O)[O-])c1. The third kappa shape index (κ3) is 3.57. The van der Waals surface area contributed by atoms with Crippen molar-refractivity contribution in [3.8, 4) is 0 Å². The molecule has 0 bridgehead atoms. The summed E-state index contributed by atoms with van der Waals surface area (Å²) in [5.41, 5.74) is 1.60. The Balaban J connectivity index is 2.31. The van der Waals surface area contributed by atoms with Crippen molar-refractivity contribution in [2.75, 3.05) is 0 Å². The summed E-state index contributed by atoms with van der Waals surface area (Å²) in [5.74, 6) is -1.43. The van der Waals surface area contributed by atoms with Crippen LogP contribution in [0.5, 0.6) is 0 Å². The molecule has 23 heavy (non-hydrogen) atoms. The van der Waals surface area contributed by atoms with Crippen LogP contribution in [0.3, 0.4) is 0 Å². The predicted octanol–water partition coefficient (Wildman–Crippen LogP) is 2.49. The van der Waals surface area contributed by atoms with Crippen LogP contribution in [0.4, 0.5) is 5.69 Å². The molecule has 0 saturated carbocycles. The molecule has 118 valence electrons. The third-order valence-electron chi connectivity index (χ3n) is 3.25. The van der Waals surface area contributed by atoms with Crippen LogP contribution in [0.2, 0.25) is 0 Å². The molecule has 0 radical (unpaired) electrons. The van der Waals surface area contributed by atoms with Crippen molar-refractivity contribution in [3.63, 3.8) is 0 Å². The summed E-state index contributed by atoms with van der Waals surface area (Å²) in [4.78, 5) is 38.6. The number of carbonyl (C=O) groups is 2. The number of rotatable bonds is 3. The lowest BCUT2D eigenvalue weighted by atomic mass is 10.1. The van der Waals surface area contributed by atoms with Crippen molar-refractivity contribution in [2.24, 2.45) is 0 Å². The molecule has 0 spiro atoms. The highest BCUT2D eigenvalue weighted by molar-refractivity contribution is 6.12. The molecule has 2 rings (SSSR count). The molecule has 7 heteroatoms. The predicted molar refractivity (Wildman–Crippen MR) is 83.3 cm³/mol. The Kier molecular flexibility index (Phi) is 4.49. The molecular weight excluding hydrogens is 298 g/mol. The van der Waals surface area contributed by atoms with Gasteiger partial charge in [0.1, 0.15) is 11.3 Å². The lowest BCUT2D eigenvalue weighted by Crippen LogP contribution is -2.31. The highest BCUT2D eigenvalue weighted by atomic mass is 16.6. The zero-order valence-corrected chi connectivity index (χ0v) is 12.9. The molecule has 7 nitrogen and oxygen atoms in total. The second kappa shape index (κ2) is 6.35. The van der Waals surface area contributed by atoms with E-state index in [0.717, 1.165) is 11.1 Å². The van der Waals surface area contributed by atoms with Crippen molar-refractivity contribution in [1.82, 2.24) is 10.3 Å². The van der Waals surface area contributed by atoms with Gasteiger partial charge in [-0.1, -0.05) is 17.2 Å². The number of imide groups is 1. The number of pyridine rings is 1. The van der Waals surface area contributed by atoms with Gasteiger partial charge in [0.05, 0.1) is 4.92 Å². The van der Waals surface area contributed by atoms with E-state index >= 15 is 0 Å². The number of nitrogens with zero attached hydrogens (tertiary/aromatic N) is 2. The monoisotopic (exact) mass is 313 g/mol. The number of hydrogen-bond acceptors (Lipinski definition) is 5. The number of aromatic nitrogens is 1. The first kappa shape index (κ1) is 16.3. The van der Waals surface area contributed by atoms with Crippen molar-refractivity contribution >= 4 is 17.5 Å². The fraction of sp³-hybridized carbons (Fsp3) is 0.188. The third-order valence-corrected chi connectivity index (χ3v) is 3.25. The molecule has 1 aromatic heterocycles. The molecule has 1 aromatic carbocycles. The summed E-state index contributed by atoms with van der Waals surface area (Å²) in [6.07, 6.45) is 1.29. The largest absolute Gasteiger partial charge is 0.303 e. The molecular formula is C16H15N3O4. The molecule has 0 unspecified atom stereocenters. The molecule has 0 aliphatic heterocycles. The average Bonchev–Trinajstić information content (AvgIpc) is 2.45. The quantitative estimate of drug-likeness (QED) is 0.533. The highest BCUT2D eigenvalue weighted by Crippen LogP contribution is 2.21. The van der Waals surface area contributed by atoms with Gasteiger partial charge in [-0.2, -0.15) is 0 Å². The van der Waals surface area contributed by atoms with E-state index in [9.17, 15) is 19.7 Å². The Hall–Kier alpha value is -3.09. The summed E-state index contributed by atoms with van der Waals surface area (Å²) < 4.78 is 0. The fourth-order valence-corrected chi connectivity index (χ4v) is 2.32. The van der Waals surface area contributed by atoms with E-state index < -0.39 is 22.4 Å². The first-order valence-electron chi connectivity index (χ1n) is 6.83. The van der Waals surface area contributed by atoms with Crippen molar-refractivity contribution in [2.45, 2.75) is 20.8 Å². The maximum Gasteiger partial charge on any atom is 0.303 e. The van der Waals surface area contributed by atoms with E-state index in [0.29, 0.717) is 5.56 Å². The van der Waals surface area contributed by atoms with Crippen LogP contribution < -0.4 is 5.32 Å². The van der Waals surface area contributed by atoms with E-state index in [2.05, 4.69) is 10.3 Å². The minimum atomic E-state index is -0.827. The van der Waals surface area contributed by atoms with Gasteiger partial charge >= 0.3 is 5.69 Å². The summed E-state index contributed by atoms with van der Waals surface area (Å²) in [5, 5.41) is 13.3. The maximum atomic E-state index is 12.2. The number of nitrogens with one attached hydrogen (secondary N) is 1. The molecule has 0 saturated heterocycles. The van der Waals surface area contributed by atoms with Gasteiger partial charge in [-0.25, -0.2) is 0 Å². The molecule has 2 aromatic rings. The van der Waals surface area contributed by atoms with Gasteiger partial charge in [0.2, 0.25) is 0 Å². The minimum Gasteiger partial charge on any atom is -0.288 e. The zero-order chi connectivity index (χ0) is 17.1. The van der Waals surface area contributed by atoms with Crippen LogP contribution in [-0.2, 0) is 0 Å². The normalized spacial score (nSPS) is 10.2. The number of nitro groups is 1. The maximum absolute atomic E-state index is 12.2. The highest BCUT2D eigenvalue weighted by Gasteiger charge is 2.25. The molecule has 1 heterocycles. The van der Waals surface area contributed by atoms with Gasteiger partial charge in [-0.15, -0.1) is 0 Å². The summed E-state index contributed by atoms with van der Waals surface area (Å²) in [7, 11) is 0. The van der Waals surface area contributed by atoms with Gasteiger partial charge in [-0.3, -0.25) is 30.0 Å². The molecule has 0 fully saturated rings. The van der Waals surface area contributed by atoms with Gasteiger partial charge in [0.25, 0.3) is 11.8 Å². The number of carbonyl (C=O) groups excluding carboxylic acids is 2. The van der Waals surface area contributed by atoms with Crippen LogP contribution in [-0.4, -0.2) is 21.7 Å². The standard InChI is InChI=1S/C16H15N3O4/c1-9-6-10(2)8-12(7-9)15(20)18-16(21)13-4-5-17-11(3)14(13)19(22)23/h4-8H,1-3H3,(H,18,20,21). The Morgan fingerprint density at radius 1 is 1.09 bits per heavy atom. The van der Waals surface area contributed by atoms with E-state index in [1.807, 2.05) is 19.9 Å². The summed E-state index contributed by atoms with van der Waals surface area (Å²) >= 11 is 0. The van der Waals surface area contributed by atoms with Crippen molar-refractivity contribution in [1.29, 1.82) is 0 Å². The van der Waals surface area contributed by atoms with E-state index in [1.165, 1.54) is 19.2 Å². The van der Waals surface area contributed by atoms with Gasteiger partial charge in [-0.05, 0) is 39.0 Å². The second-order valence-corrected chi connectivity index (χ2v) is 5.21. The number of aryl methyl sites for hydroxylation is 3. The van der Waals surface area contributed by atoms with Gasteiger partial charge in [0.15, 0.2) is 0 Å². The lowest BCUT2D eigenvalue weighted by molar-refractivity contribution is -0.386. The molecule has 2 amide bonds. The molecule has 0 atom stereocenters. The van der Waals surface area contributed by atoms with E-state index in [1.54, 1.807) is 12.1 Å². The number of benzene rings is 1. The van der Waals surface area contributed by atoms with Crippen LogP contribution >= 0.6 is 0 Å². The van der Waals surface area contributed by atoms with Crippen LogP contribution in [0.1, 0.15) is 37.5 Å². The molecule has 0 aliphatic carbocycles. The van der Waals surface area contributed by atoms with E-state index in [4.69, 9.17) is 0 Å². The Labute approximate surface area is 132 Å². The Bertz CT molecular complexity index is 795. The first-order chi connectivity index (χ1) is 10.8. The lowest BCUT2D eigenvalue weighted by Gasteiger charge is -2.07. The number of hydrogen-bond donors (Lipinski definition) is 1. The Morgan fingerprint density at radius 3 is 2.26 bits per heavy atom. The van der Waals surface area contributed by atoms with Crippen LogP contribution in [0, 0.1) is 30.9 Å². The second-order valence-electron chi connectivity index (χ2n) is 5.21. The molecule has 1 N–H and O–H groups in total. The van der Waals surface area contributed by atoms with Crippen molar-refractivity contribution in [3.05, 3.63) is 68.5 Å². The number of amides is 2. The summed E-state index contributed by atoms with van der Waals surface area (Å²) in [6.45, 7) is 5.10. The smallest absolute Gasteiger partial charge is 0.288 e. The van der Waals surface area contributed by atoms with Crippen LogP contribution in [0.25, 0.3) is 0 Å². The van der Waals surface area contributed by atoms with Gasteiger partial charge in [0, 0.05) is 11.8 Å². The Morgan fingerprint density at radius 2 is 1.70 bits per heavy atom. The van der Waals surface area contributed by atoms with Crippen molar-refractivity contribution < 1.29 is 14.5 Å².